The van der Waals surface area contributed by atoms with Crippen molar-refractivity contribution < 1.29 is 18.0 Å². The number of para-hydroxylation sites is 2. The molecular formula is C18H18F3N5O. The predicted octanol–water partition coefficient (Wildman–Crippen LogP) is 4.01. The first kappa shape index (κ1) is 17.6. The molecule has 9 heteroatoms. The fourth-order valence-electron chi connectivity index (χ4n) is 3.63. The lowest BCUT2D eigenvalue weighted by atomic mass is 10.2. The molecule has 1 amide bonds. The number of benzene rings is 1. The summed E-state index contributed by atoms with van der Waals surface area (Å²) in [6, 6.07) is 8.12. The number of carbonyl (C=O) groups is 1. The third-order valence-corrected chi connectivity index (χ3v) is 4.82. The molecule has 0 radical (unpaired) electrons. The molecule has 1 saturated carbocycles. The Hall–Kier alpha value is -2.84. The monoisotopic (exact) mass is 377 g/mol. The minimum atomic E-state index is -4.65. The summed E-state index contributed by atoms with van der Waals surface area (Å²) in [6.45, 7) is -0.481. The Morgan fingerprint density at radius 3 is 2.67 bits per heavy atom. The van der Waals surface area contributed by atoms with E-state index in [9.17, 15) is 18.0 Å². The molecule has 142 valence electrons. The van der Waals surface area contributed by atoms with Gasteiger partial charge in [0.2, 0.25) is 11.7 Å². The van der Waals surface area contributed by atoms with E-state index in [1.165, 1.54) is 12.1 Å². The van der Waals surface area contributed by atoms with E-state index in [-0.39, 0.29) is 17.1 Å². The number of hydrogen-bond acceptors (Lipinski definition) is 3. The van der Waals surface area contributed by atoms with Gasteiger partial charge in [0.05, 0.1) is 23.3 Å². The van der Waals surface area contributed by atoms with Gasteiger partial charge in [0.25, 0.3) is 0 Å². The van der Waals surface area contributed by atoms with Gasteiger partial charge in [-0.2, -0.15) is 18.3 Å². The Morgan fingerprint density at radius 1 is 1.19 bits per heavy atom. The van der Waals surface area contributed by atoms with Crippen LogP contribution in [0, 0.1) is 0 Å². The summed E-state index contributed by atoms with van der Waals surface area (Å²) in [4.78, 5) is 16.2. The van der Waals surface area contributed by atoms with Gasteiger partial charge >= 0.3 is 6.18 Å². The van der Waals surface area contributed by atoms with Crippen molar-refractivity contribution in [2.75, 3.05) is 5.32 Å². The van der Waals surface area contributed by atoms with Gasteiger partial charge in [-0.25, -0.2) is 9.67 Å². The number of nitrogens with zero attached hydrogens (tertiary/aromatic N) is 4. The van der Waals surface area contributed by atoms with Crippen molar-refractivity contribution in [2.45, 2.75) is 44.4 Å². The standard InChI is InChI=1S/C18H18F3N5O/c19-18(20,21)17-23-13-7-3-4-8-14(13)25(17)11-16(27)24-15-9-10-22-26(15)12-5-1-2-6-12/h3-4,7-10,12H,1-2,5-6,11H2,(H,24,27). The molecule has 0 atom stereocenters. The van der Waals surface area contributed by atoms with Gasteiger partial charge in [-0.05, 0) is 25.0 Å². The van der Waals surface area contributed by atoms with Gasteiger partial charge in [0.15, 0.2) is 0 Å². The Kier molecular flexibility index (Phi) is 4.37. The molecule has 1 aliphatic carbocycles. The van der Waals surface area contributed by atoms with Crippen LogP contribution in [0.3, 0.4) is 0 Å². The molecule has 2 heterocycles. The van der Waals surface area contributed by atoms with Crippen LogP contribution >= 0.6 is 0 Å². The number of imidazole rings is 1. The highest BCUT2D eigenvalue weighted by molar-refractivity contribution is 5.91. The van der Waals surface area contributed by atoms with Crippen LogP contribution in [0.4, 0.5) is 19.0 Å². The molecule has 0 aliphatic heterocycles. The molecule has 6 nitrogen and oxygen atoms in total. The Morgan fingerprint density at radius 2 is 1.93 bits per heavy atom. The summed E-state index contributed by atoms with van der Waals surface area (Å²) < 4.78 is 42.7. The van der Waals surface area contributed by atoms with Crippen molar-refractivity contribution in [3.8, 4) is 0 Å². The van der Waals surface area contributed by atoms with E-state index in [4.69, 9.17) is 0 Å². The molecule has 2 aromatic heterocycles. The van der Waals surface area contributed by atoms with Crippen molar-refractivity contribution in [3.63, 3.8) is 0 Å². The van der Waals surface area contributed by atoms with Crippen molar-refractivity contribution in [3.05, 3.63) is 42.4 Å². The normalized spacial score (nSPS) is 15.5. The molecule has 0 spiro atoms. The number of carbonyl (C=O) groups excluding carboxylic acids is 1. The first-order valence-electron chi connectivity index (χ1n) is 8.79. The highest BCUT2D eigenvalue weighted by Gasteiger charge is 2.38. The zero-order valence-corrected chi connectivity index (χ0v) is 14.4. The summed E-state index contributed by atoms with van der Waals surface area (Å²) in [5, 5.41) is 6.95. The molecule has 1 fully saturated rings. The highest BCUT2D eigenvalue weighted by atomic mass is 19.4. The number of amides is 1. The van der Waals surface area contributed by atoms with E-state index in [0.29, 0.717) is 5.82 Å². The van der Waals surface area contributed by atoms with Crippen molar-refractivity contribution in [2.24, 2.45) is 0 Å². The van der Waals surface area contributed by atoms with Gasteiger partial charge in [-0.1, -0.05) is 25.0 Å². The number of halogens is 3. The van der Waals surface area contributed by atoms with E-state index in [1.54, 1.807) is 29.1 Å². The smallest absolute Gasteiger partial charge is 0.311 e. The number of aromatic nitrogens is 4. The second kappa shape index (κ2) is 6.71. The maximum atomic E-state index is 13.4. The lowest BCUT2D eigenvalue weighted by Crippen LogP contribution is -2.25. The fraction of sp³-hybridized carbons (Fsp3) is 0.389. The molecule has 1 aromatic carbocycles. The summed E-state index contributed by atoms with van der Waals surface area (Å²) >= 11 is 0. The quantitative estimate of drug-likeness (QED) is 0.747. The van der Waals surface area contributed by atoms with Gasteiger partial charge in [-0.15, -0.1) is 0 Å². The van der Waals surface area contributed by atoms with E-state index < -0.39 is 24.5 Å². The lowest BCUT2D eigenvalue weighted by Gasteiger charge is -2.15. The number of anilines is 1. The number of nitrogens with one attached hydrogen (secondary N) is 1. The second-order valence-electron chi connectivity index (χ2n) is 6.66. The lowest BCUT2D eigenvalue weighted by molar-refractivity contribution is -0.147. The van der Waals surface area contributed by atoms with Crippen LogP contribution in [0.1, 0.15) is 37.5 Å². The molecule has 1 aliphatic rings. The van der Waals surface area contributed by atoms with Crippen LogP contribution in [0.5, 0.6) is 0 Å². The average molecular weight is 377 g/mol. The molecule has 27 heavy (non-hydrogen) atoms. The first-order chi connectivity index (χ1) is 12.9. The number of hydrogen-bond donors (Lipinski definition) is 1. The van der Waals surface area contributed by atoms with Crippen molar-refractivity contribution in [1.29, 1.82) is 0 Å². The molecule has 0 unspecified atom stereocenters. The van der Waals surface area contributed by atoms with Crippen LogP contribution < -0.4 is 5.32 Å². The molecule has 3 aromatic rings. The minimum absolute atomic E-state index is 0.202. The second-order valence-corrected chi connectivity index (χ2v) is 6.66. The van der Waals surface area contributed by atoms with Crippen LogP contribution in [-0.4, -0.2) is 25.2 Å². The summed E-state index contributed by atoms with van der Waals surface area (Å²) in [7, 11) is 0. The Labute approximate surface area is 153 Å². The van der Waals surface area contributed by atoms with Crippen LogP contribution in [0.25, 0.3) is 11.0 Å². The average Bonchev–Trinajstić information content (AvgIpc) is 3.33. The predicted molar refractivity (Wildman–Crippen MR) is 93.1 cm³/mol. The van der Waals surface area contributed by atoms with E-state index in [1.807, 2.05) is 0 Å². The Bertz CT molecular complexity index is 969. The van der Waals surface area contributed by atoms with Crippen LogP contribution in [0.15, 0.2) is 36.5 Å². The maximum absolute atomic E-state index is 13.4. The molecule has 1 N–H and O–H groups in total. The van der Waals surface area contributed by atoms with E-state index >= 15 is 0 Å². The van der Waals surface area contributed by atoms with E-state index in [2.05, 4.69) is 15.4 Å². The van der Waals surface area contributed by atoms with Gasteiger partial charge in [0.1, 0.15) is 12.4 Å². The Balaban J connectivity index is 1.60. The van der Waals surface area contributed by atoms with Gasteiger partial charge < -0.3 is 9.88 Å². The third-order valence-electron chi connectivity index (χ3n) is 4.82. The van der Waals surface area contributed by atoms with Crippen molar-refractivity contribution >= 4 is 22.8 Å². The summed E-state index contributed by atoms with van der Waals surface area (Å²) in [6.07, 6.45) is 1.11. The zero-order chi connectivity index (χ0) is 19.0. The van der Waals surface area contributed by atoms with Crippen LogP contribution in [-0.2, 0) is 17.5 Å². The maximum Gasteiger partial charge on any atom is 0.449 e. The van der Waals surface area contributed by atoms with E-state index in [0.717, 1.165) is 30.3 Å². The fourth-order valence-corrected chi connectivity index (χ4v) is 3.63. The molecule has 0 bridgehead atoms. The van der Waals surface area contributed by atoms with Crippen LogP contribution in [0.2, 0.25) is 0 Å². The topological polar surface area (TPSA) is 64.7 Å². The summed E-state index contributed by atoms with van der Waals surface area (Å²) in [5.41, 5.74) is 0.470. The zero-order valence-electron chi connectivity index (χ0n) is 14.4. The summed E-state index contributed by atoms with van der Waals surface area (Å²) in [5.74, 6) is -1.13. The van der Waals surface area contributed by atoms with Gasteiger partial charge in [-0.3, -0.25) is 4.79 Å². The number of fused-ring (bicyclic) bond motifs is 1. The van der Waals surface area contributed by atoms with Crippen molar-refractivity contribution in [1.82, 2.24) is 19.3 Å². The number of alkyl halides is 3. The number of rotatable bonds is 4. The third kappa shape index (κ3) is 3.41. The first-order valence-corrected chi connectivity index (χ1v) is 8.79. The minimum Gasteiger partial charge on any atom is -0.311 e. The molecule has 0 saturated heterocycles. The SMILES string of the molecule is O=C(Cn1c(C(F)(F)F)nc2ccccc21)Nc1ccnn1C1CCCC1. The highest BCUT2D eigenvalue weighted by Crippen LogP contribution is 2.32. The molecule has 4 rings (SSSR count). The van der Waals surface area contributed by atoms with Gasteiger partial charge in [0, 0.05) is 6.07 Å². The molecular weight excluding hydrogens is 359 g/mol. The largest absolute Gasteiger partial charge is 0.449 e.